The second-order valence-electron chi connectivity index (χ2n) is 7.47. The van der Waals surface area contributed by atoms with E-state index in [0.717, 1.165) is 53.3 Å². The van der Waals surface area contributed by atoms with Gasteiger partial charge in [0.2, 0.25) is 0 Å². The van der Waals surface area contributed by atoms with E-state index in [1.165, 1.54) is 0 Å². The van der Waals surface area contributed by atoms with Gasteiger partial charge in [-0.15, -0.1) is 0 Å². The molecule has 4 nitrogen and oxygen atoms in total. The average Bonchev–Trinajstić information content (AvgIpc) is 2.68. The number of rotatable bonds is 1. The highest BCUT2D eigenvalue weighted by molar-refractivity contribution is 6.07. The van der Waals surface area contributed by atoms with Gasteiger partial charge in [0.15, 0.2) is 5.78 Å². The topological polar surface area (TPSA) is 56.5 Å². The van der Waals surface area contributed by atoms with Crippen LogP contribution in [0, 0.1) is 6.92 Å². The van der Waals surface area contributed by atoms with Gasteiger partial charge in [-0.25, -0.2) is 4.79 Å². The molecule has 136 valence electrons. The van der Waals surface area contributed by atoms with Crippen LogP contribution in [-0.2, 0) is 12.8 Å². The van der Waals surface area contributed by atoms with Crippen LogP contribution in [0.25, 0.3) is 11.0 Å². The van der Waals surface area contributed by atoms with Crippen LogP contribution >= 0.6 is 0 Å². The molecule has 0 radical (unpaired) electrons. The van der Waals surface area contributed by atoms with Crippen molar-refractivity contribution in [3.8, 4) is 5.75 Å². The fraction of sp³-hybridized carbons (Fsp3) is 0.304. The SMILES string of the molecule is Cc1cc2oc(=O)c3c(c2c2c1C(=O)C[C@@H](c1ccccc1)O2)CCCC3. The van der Waals surface area contributed by atoms with Crippen molar-refractivity contribution in [2.24, 2.45) is 0 Å². The van der Waals surface area contributed by atoms with Gasteiger partial charge in [-0.3, -0.25) is 4.79 Å². The normalized spacial score (nSPS) is 18.7. The van der Waals surface area contributed by atoms with E-state index >= 15 is 0 Å². The summed E-state index contributed by atoms with van der Waals surface area (Å²) < 4.78 is 12.0. The van der Waals surface area contributed by atoms with Gasteiger partial charge < -0.3 is 9.15 Å². The fourth-order valence-electron chi connectivity index (χ4n) is 4.46. The summed E-state index contributed by atoms with van der Waals surface area (Å²) >= 11 is 0. The highest BCUT2D eigenvalue weighted by atomic mass is 16.5. The molecule has 27 heavy (non-hydrogen) atoms. The monoisotopic (exact) mass is 360 g/mol. The molecule has 0 saturated carbocycles. The summed E-state index contributed by atoms with van der Waals surface area (Å²) in [4.78, 5) is 25.4. The van der Waals surface area contributed by atoms with Crippen LogP contribution in [0.1, 0.15) is 58.0 Å². The second kappa shape index (κ2) is 6.08. The lowest BCUT2D eigenvalue weighted by molar-refractivity contribution is 0.0852. The van der Waals surface area contributed by atoms with Crippen LogP contribution in [0.2, 0.25) is 0 Å². The number of hydrogen-bond donors (Lipinski definition) is 0. The number of ketones is 1. The van der Waals surface area contributed by atoms with Crippen molar-refractivity contribution >= 4 is 16.8 Å². The van der Waals surface area contributed by atoms with Crippen LogP contribution < -0.4 is 10.4 Å². The Morgan fingerprint density at radius 1 is 1.00 bits per heavy atom. The number of ether oxygens (including phenoxy) is 1. The van der Waals surface area contributed by atoms with Gasteiger partial charge in [-0.2, -0.15) is 0 Å². The molecule has 5 rings (SSSR count). The van der Waals surface area contributed by atoms with Gasteiger partial charge in [0.1, 0.15) is 17.4 Å². The van der Waals surface area contributed by atoms with Crippen LogP contribution in [0.5, 0.6) is 5.75 Å². The molecule has 0 fully saturated rings. The standard InChI is InChI=1S/C23H20O4/c1-13-11-19-21(15-9-5-6-10-16(15)23(25)27-19)22-20(13)17(24)12-18(26-22)14-7-3-2-4-8-14/h2-4,7-8,11,18H,5-6,9-10,12H2,1H3/t18-/m0/s1. The van der Waals surface area contributed by atoms with Crippen molar-refractivity contribution in [2.45, 2.75) is 45.1 Å². The summed E-state index contributed by atoms with van der Waals surface area (Å²) in [6.07, 6.45) is 3.57. The summed E-state index contributed by atoms with van der Waals surface area (Å²) in [6.45, 7) is 1.88. The van der Waals surface area contributed by atoms with Gasteiger partial charge in [0.05, 0.1) is 17.4 Å². The number of fused-ring (bicyclic) bond motifs is 5. The van der Waals surface area contributed by atoms with Crippen molar-refractivity contribution < 1.29 is 13.9 Å². The molecule has 0 spiro atoms. The molecule has 3 aromatic rings. The van der Waals surface area contributed by atoms with Crippen molar-refractivity contribution in [2.75, 3.05) is 0 Å². The first kappa shape index (κ1) is 16.3. The van der Waals surface area contributed by atoms with Gasteiger partial charge in [-0.05, 0) is 55.4 Å². The Morgan fingerprint density at radius 3 is 2.52 bits per heavy atom. The highest BCUT2D eigenvalue weighted by Crippen LogP contribution is 2.44. The molecule has 1 atom stereocenters. The summed E-state index contributed by atoms with van der Waals surface area (Å²) in [5, 5.41) is 0.818. The Hall–Kier alpha value is -2.88. The third-order valence-electron chi connectivity index (χ3n) is 5.74. The van der Waals surface area contributed by atoms with E-state index in [4.69, 9.17) is 9.15 Å². The molecule has 2 aliphatic rings. The quantitative estimate of drug-likeness (QED) is 0.591. The largest absolute Gasteiger partial charge is 0.484 e. The van der Waals surface area contributed by atoms with E-state index in [2.05, 4.69) is 0 Å². The van der Waals surface area contributed by atoms with E-state index in [9.17, 15) is 9.59 Å². The molecule has 0 bridgehead atoms. The van der Waals surface area contributed by atoms with Gasteiger partial charge >= 0.3 is 5.63 Å². The maximum Gasteiger partial charge on any atom is 0.339 e. The highest BCUT2D eigenvalue weighted by Gasteiger charge is 2.33. The Labute approximate surface area is 156 Å². The summed E-state index contributed by atoms with van der Waals surface area (Å²) in [7, 11) is 0. The molecule has 4 heteroatoms. The van der Waals surface area contributed by atoms with Gasteiger partial charge in [0, 0.05) is 5.56 Å². The number of benzene rings is 2. The fourth-order valence-corrected chi connectivity index (χ4v) is 4.46. The first-order valence-electron chi connectivity index (χ1n) is 9.50. The summed E-state index contributed by atoms with van der Waals surface area (Å²) in [5.74, 6) is 0.678. The molecule has 2 heterocycles. The molecule has 1 aliphatic heterocycles. The minimum absolute atomic E-state index is 0.0836. The molecule has 1 aromatic heterocycles. The molecule has 0 amide bonds. The van der Waals surface area contributed by atoms with E-state index in [0.29, 0.717) is 23.3 Å². The van der Waals surface area contributed by atoms with Crippen molar-refractivity contribution in [1.29, 1.82) is 0 Å². The zero-order valence-corrected chi connectivity index (χ0v) is 15.2. The lowest BCUT2D eigenvalue weighted by Gasteiger charge is -2.29. The Morgan fingerprint density at radius 2 is 1.74 bits per heavy atom. The lowest BCUT2D eigenvalue weighted by atomic mass is 9.86. The summed E-state index contributed by atoms with van der Waals surface area (Å²) in [5.41, 5.74) is 4.45. The third-order valence-corrected chi connectivity index (χ3v) is 5.74. The van der Waals surface area contributed by atoms with Crippen LogP contribution in [0.3, 0.4) is 0 Å². The minimum atomic E-state index is -0.317. The van der Waals surface area contributed by atoms with E-state index in [1.807, 2.05) is 43.3 Å². The summed E-state index contributed by atoms with van der Waals surface area (Å²) in [6, 6.07) is 11.6. The maximum absolute atomic E-state index is 13.0. The van der Waals surface area contributed by atoms with Crippen molar-refractivity contribution in [1.82, 2.24) is 0 Å². The molecule has 0 unspecified atom stereocenters. The first-order chi connectivity index (χ1) is 13.1. The smallest absolute Gasteiger partial charge is 0.339 e. The van der Waals surface area contributed by atoms with Crippen LogP contribution in [0.4, 0.5) is 0 Å². The van der Waals surface area contributed by atoms with Crippen molar-refractivity contribution in [3.63, 3.8) is 0 Å². The Balaban J connectivity index is 1.79. The Bertz CT molecular complexity index is 1120. The Kier molecular flexibility index (Phi) is 3.67. The number of carbonyl (C=O) groups is 1. The zero-order valence-electron chi connectivity index (χ0n) is 15.2. The zero-order chi connectivity index (χ0) is 18.5. The predicted molar refractivity (Wildman–Crippen MR) is 103 cm³/mol. The lowest BCUT2D eigenvalue weighted by Crippen LogP contribution is -2.23. The number of carbonyl (C=O) groups excluding carboxylic acids is 1. The van der Waals surface area contributed by atoms with E-state index in [1.54, 1.807) is 0 Å². The molecule has 1 aliphatic carbocycles. The number of Topliss-reactive ketones (excluding diaryl/α,β-unsaturated/α-hetero) is 1. The van der Waals surface area contributed by atoms with Gasteiger partial charge in [-0.1, -0.05) is 30.3 Å². The maximum atomic E-state index is 13.0. The average molecular weight is 360 g/mol. The van der Waals surface area contributed by atoms with E-state index in [-0.39, 0.29) is 17.5 Å². The number of hydrogen-bond acceptors (Lipinski definition) is 4. The van der Waals surface area contributed by atoms with E-state index < -0.39 is 0 Å². The second-order valence-corrected chi connectivity index (χ2v) is 7.47. The molecular weight excluding hydrogens is 340 g/mol. The molecule has 0 saturated heterocycles. The first-order valence-corrected chi connectivity index (χ1v) is 9.50. The molecule has 0 N–H and O–H groups in total. The van der Waals surface area contributed by atoms with Gasteiger partial charge in [0.25, 0.3) is 0 Å². The third kappa shape index (κ3) is 2.51. The van der Waals surface area contributed by atoms with Crippen LogP contribution in [0.15, 0.2) is 45.6 Å². The molecular formula is C23H20O4. The number of aryl methyl sites for hydroxylation is 2. The van der Waals surface area contributed by atoms with Crippen molar-refractivity contribution in [3.05, 3.63) is 74.6 Å². The minimum Gasteiger partial charge on any atom is -0.484 e. The predicted octanol–water partition coefficient (Wildman–Crippen LogP) is 4.69. The van der Waals surface area contributed by atoms with Crippen LogP contribution in [-0.4, -0.2) is 5.78 Å². The molecule has 2 aromatic carbocycles.